The maximum Gasteiger partial charge on any atom is 0.273 e. The monoisotopic (exact) mass is 353 g/mol. The predicted octanol–water partition coefficient (Wildman–Crippen LogP) is 3.51. The molecule has 0 saturated carbocycles. The number of amides is 1. The molecular formula is C17H24ClN3OS. The van der Waals surface area contributed by atoms with Crippen LogP contribution in [0, 0.1) is 0 Å². The maximum atomic E-state index is 12.8. The molecule has 0 radical (unpaired) electrons. The van der Waals surface area contributed by atoms with Crippen molar-refractivity contribution >= 4 is 29.7 Å². The lowest BCUT2D eigenvalue weighted by atomic mass is 10.1. The van der Waals surface area contributed by atoms with Crippen molar-refractivity contribution in [2.75, 3.05) is 6.54 Å². The number of aromatic nitrogens is 1. The minimum atomic E-state index is -0.00211. The van der Waals surface area contributed by atoms with Crippen molar-refractivity contribution in [3.05, 3.63) is 52.0 Å². The first-order chi connectivity index (χ1) is 10.7. The second-order valence-corrected chi connectivity index (χ2v) is 6.28. The van der Waals surface area contributed by atoms with Crippen LogP contribution in [0.5, 0.6) is 0 Å². The second-order valence-electron chi connectivity index (χ2n) is 5.34. The highest BCUT2D eigenvalue weighted by Crippen LogP contribution is 2.17. The molecule has 1 aromatic carbocycles. The SMILES string of the molecule is CCC(C)N(Cc1ccccc1)C(=O)c1csc(CCN)n1.Cl. The number of hydrogen-bond donors (Lipinski definition) is 1. The number of rotatable bonds is 7. The van der Waals surface area contributed by atoms with Crippen molar-refractivity contribution < 1.29 is 4.79 Å². The lowest BCUT2D eigenvalue weighted by Crippen LogP contribution is -2.38. The van der Waals surface area contributed by atoms with Gasteiger partial charge in [0.2, 0.25) is 0 Å². The molecule has 4 nitrogen and oxygen atoms in total. The molecule has 2 aromatic rings. The maximum absolute atomic E-state index is 12.8. The van der Waals surface area contributed by atoms with Crippen LogP contribution in [0.4, 0.5) is 0 Å². The summed E-state index contributed by atoms with van der Waals surface area (Å²) < 4.78 is 0. The van der Waals surface area contributed by atoms with Crippen LogP contribution in [-0.2, 0) is 13.0 Å². The molecule has 1 heterocycles. The highest BCUT2D eigenvalue weighted by atomic mass is 35.5. The Morgan fingerprint density at radius 3 is 2.65 bits per heavy atom. The van der Waals surface area contributed by atoms with Gasteiger partial charge in [-0.15, -0.1) is 23.7 Å². The molecule has 0 saturated heterocycles. The van der Waals surface area contributed by atoms with Gasteiger partial charge in [-0.3, -0.25) is 4.79 Å². The van der Waals surface area contributed by atoms with Gasteiger partial charge in [0.05, 0.1) is 5.01 Å². The van der Waals surface area contributed by atoms with E-state index in [0.717, 1.165) is 23.4 Å². The Kier molecular flexibility index (Phi) is 8.23. The third-order valence-electron chi connectivity index (χ3n) is 3.71. The van der Waals surface area contributed by atoms with E-state index in [4.69, 9.17) is 5.73 Å². The predicted molar refractivity (Wildman–Crippen MR) is 98.2 cm³/mol. The summed E-state index contributed by atoms with van der Waals surface area (Å²) in [5, 5.41) is 2.77. The van der Waals surface area contributed by atoms with Crippen molar-refractivity contribution in [3.63, 3.8) is 0 Å². The van der Waals surface area contributed by atoms with E-state index in [1.54, 1.807) is 0 Å². The van der Waals surface area contributed by atoms with Crippen LogP contribution in [0.15, 0.2) is 35.7 Å². The number of carbonyl (C=O) groups excluding carboxylic acids is 1. The molecule has 0 aliphatic rings. The summed E-state index contributed by atoms with van der Waals surface area (Å²) in [6.45, 7) is 5.34. The molecule has 0 fully saturated rings. The Labute approximate surface area is 148 Å². The summed E-state index contributed by atoms with van der Waals surface area (Å²) in [5.74, 6) is -0.00211. The fourth-order valence-electron chi connectivity index (χ4n) is 2.22. The Bertz CT molecular complexity index is 603. The van der Waals surface area contributed by atoms with Gasteiger partial charge >= 0.3 is 0 Å². The van der Waals surface area contributed by atoms with Crippen LogP contribution in [0.25, 0.3) is 0 Å². The van der Waals surface area contributed by atoms with Crippen LogP contribution in [0.2, 0.25) is 0 Å². The molecule has 0 aliphatic carbocycles. The number of nitrogens with two attached hydrogens (primary N) is 1. The number of thiazole rings is 1. The van der Waals surface area contributed by atoms with Gasteiger partial charge in [-0.1, -0.05) is 37.3 Å². The number of hydrogen-bond acceptors (Lipinski definition) is 4. The molecular weight excluding hydrogens is 330 g/mol. The van der Waals surface area contributed by atoms with Crippen LogP contribution >= 0.6 is 23.7 Å². The van der Waals surface area contributed by atoms with Gasteiger partial charge in [-0.25, -0.2) is 4.98 Å². The van der Waals surface area contributed by atoms with E-state index >= 15 is 0 Å². The zero-order valence-corrected chi connectivity index (χ0v) is 15.2. The standard InChI is InChI=1S/C17H23N3OS.ClH/c1-3-13(2)20(11-14-7-5-4-6-8-14)17(21)15-12-22-16(19-15)9-10-18;/h4-8,12-13H,3,9-11,18H2,1-2H3;1H. The minimum absolute atomic E-state index is 0. The topological polar surface area (TPSA) is 59.2 Å². The van der Waals surface area contributed by atoms with Crippen LogP contribution < -0.4 is 5.73 Å². The summed E-state index contributed by atoms with van der Waals surface area (Å²) in [6.07, 6.45) is 1.64. The molecule has 126 valence electrons. The van der Waals surface area contributed by atoms with E-state index < -0.39 is 0 Å². The first kappa shape index (κ1) is 19.6. The largest absolute Gasteiger partial charge is 0.330 e. The van der Waals surface area contributed by atoms with Crippen LogP contribution in [-0.4, -0.2) is 28.4 Å². The molecule has 1 atom stereocenters. The third kappa shape index (κ3) is 5.30. The summed E-state index contributed by atoms with van der Waals surface area (Å²) in [7, 11) is 0. The Balaban J connectivity index is 0.00000264. The van der Waals surface area contributed by atoms with E-state index in [9.17, 15) is 4.79 Å². The van der Waals surface area contributed by atoms with E-state index in [-0.39, 0.29) is 24.4 Å². The Hall–Kier alpha value is -1.43. The van der Waals surface area contributed by atoms with Crippen molar-refractivity contribution in [2.45, 2.75) is 39.3 Å². The molecule has 1 unspecified atom stereocenters. The molecule has 0 aliphatic heterocycles. The molecule has 0 bridgehead atoms. The highest BCUT2D eigenvalue weighted by molar-refractivity contribution is 7.09. The molecule has 23 heavy (non-hydrogen) atoms. The average molecular weight is 354 g/mol. The normalized spacial score (nSPS) is 11.6. The van der Waals surface area contributed by atoms with E-state index in [0.29, 0.717) is 18.8 Å². The van der Waals surface area contributed by atoms with Gasteiger partial charge in [-0.2, -0.15) is 0 Å². The van der Waals surface area contributed by atoms with Gasteiger partial charge in [0.15, 0.2) is 0 Å². The summed E-state index contributed by atoms with van der Waals surface area (Å²) >= 11 is 1.51. The van der Waals surface area contributed by atoms with E-state index in [1.165, 1.54) is 11.3 Å². The van der Waals surface area contributed by atoms with E-state index in [1.807, 2.05) is 40.6 Å². The van der Waals surface area contributed by atoms with Crippen molar-refractivity contribution in [3.8, 4) is 0 Å². The molecule has 1 amide bonds. The minimum Gasteiger partial charge on any atom is -0.330 e. The van der Waals surface area contributed by atoms with Gasteiger partial charge in [-0.05, 0) is 25.5 Å². The fourth-order valence-corrected chi connectivity index (χ4v) is 3.01. The molecule has 1 aromatic heterocycles. The lowest BCUT2D eigenvalue weighted by Gasteiger charge is -2.28. The van der Waals surface area contributed by atoms with Gasteiger partial charge < -0.3 is 10.6 Å². The van der Waals surface area contributed by atoms with Crippen LogP contribution in [0.3, 0.4) is 0 Å². The molecule has 2 rings (SSSR count). The van der Waals surface area contributed by atoms with Gasteiger partial charge in [0.1, 0.15) is 5.69 Å². The smallest absolute Gasteiger partial charge is 0.273 e. The summed E-state index contributed by atoms with van der Waals surface area (Å²) in [5.41, 5.74) is 7.21. The number of carbonyl (C=O) groups is 1. The van der Waals surface area contributed by atoms with E-state index in [2.05, 4.69) is 18.8 Å². The number of benzene rings is 1. The van der Waals surface area contributed by atoms with Crippen LogP contribution in [0.1, 0.15) is 41.3 Å². The summed E-state index contributed by atoms with van der Waals surface area (Å²) in [4.78, 5) is 19.1. The van der Waals surface area contributed by atoms with Gasteiger partial charge in [0, 0.05) is 24.4 Å². The Morgan fingerprint density at radius 1 is 1.35 bits per heavy atom. The second kappa shape index (κ2) is 9.65. The van der Waals surface area contributed by atoms with Crippen molar-refractivity contribution in [1.82, 2.24) is 9.88 Å². The molecule has 6 heteroatoms. The fraction of sp³-hybridized carbons (Fsp3) is 0.412. The zero-order chi connectivity index (χ0) is 15.9. The Morgan fingerprint density at radius 2 is 2.04 bits per heavy atom. The van der Waals surface area contributed by atoms with Crippen molar-refractivity contribution in [2.24, 2.45) is 5.73 Å². The molecule has 0 spiro atoms. The highest BCUT2D eigenvalue weighted by Gasteiger charge is 2.22. The quantitative estimate of drug-likeness (QED) is 0.828. The lowest BCUT2D eigenvalue weighted by molar-refractivity contribution is 0.0666. The van der Waals surface area contributed by atoms with Gasteiger partial charge in [0.25, 0.3) is 5.91 Å². The average Bonchev–Trinajstić information content (AvgIpc) is 3.01. The summed E-state index contributed by atoms with van der Waals surface area (Å²) in [6, 6.07) is 10.2. The number of nitrogens with zero attached hydrogens (tertiary/aromatic N) is 2. The first-order valence-electron chi connectivity index (χ1n) is 7.65. The number of halogens is 1. The first-order valence-corrected chi connectivity index (χ1v) is 8.53. The molecule has 2 N–H and O–H groups in total. The van der Waals surface area contributed by atoms with Crippen molar-refractivity contribution in [1.29, 1.82) is 0 Å². The zero-order valence-electron chi connectivity index (χ0n) is 13.6. The third-order valence-corrected chi connectivity index (χ3v) is 4.62.